The molecule has 0 radical (unpaired) electrons. The van der Waals surface area contributed by atoms with Crippen molar-refractivity contribution in [2.75, 3.05) is 24.5 Å². The Balaban J connectivity index is 1.37. The Labute approximate surface area is 243 Å². The first-order chi connectivity index (χ1) is 19.5. The zero-order valence-electron chi connectivity index (χ0n) is 23.1. The Morgan fingerprint density at radius 3 is 2.51 bits per heavy atom. The SMILES string of the molecule is CC(C)(C)OC(=O)N1CC(C(=O)N2CCC(C#N)(Cc3ccc(F)cc3)CC2)Oc2cc(-n3ccnc3)c(Cl)cc21. The highest BCUT2D eigenvalue weighted by atomic mass is 35.5. The molecule has 0 N–H and O–H groups in total. The standard InChI is InChI=1S/C30H31ClFN5O4/c1-29(2,3)41-28(39)37-17-26(40-25-15-23(22(31)14-24(25)37)36-13-10-34-19-36)27(38)35-11-8-30(18-33,9-12-35)16-20-4-6-21(32)7-5-20/h4-7,10,13-15,19,26H,8-9,11-12,16-17H2,1-3H3. The van der Waals surface area contributed by atoms with Gasteiger partial charge in [-0.15, -0.1) is 0 Å². The minimum absolute atomic E-state index is 0.0586. The van der Waals surface area contributed by atoms with Crippen LogP contribution in [0.15, 0.2) is 55.1 Å². The lowest BCUT2D eigenvalue weighted by atomic mass is 9.75. The normalized spacial score (nSPS) is 18.2. The van der Waals surface area contributed by atoms with Gasteiger partial charge in [0, 0.05) is 31.5 Å². The molecule has 3 aromatic rings. The van der Waals surface area contributed by atoms with E-state index in [1.807, 2.05) is 0 Å². The number of hydrogen-bond donors (Lipinski definition) is 0. The Kier molecular flexibility index (Phi) is 7.66. The number of carbonyl (C=O) groups is 2. The number of hydrogen-bond acceptors (Lipinski definition) is 6. The Bertz CT molecular complexity index is 1470. The maximum Gasteiger partial charge on any atom is 0.415 e. The highest BCUT2D eigenvalue weighted by molar-refractivity contribution is 6.33. The predicted octanol–water partition coefficient (Wildman–Crippen LogP) is 5.54. The molecule has 1 fully saturated rings. The second-order valence-corrected chi connectivity index (χ2v) is 11.9. The number of halogens is 2. The van der Waals surface area contributed by atoms with Crippen LogP contribution in [0.2, 0.25) is 5.02 Å². The second kappa shape index (κ2) is 11.1. The molecule has 1 saturated heterocycles. The zero-order chi connectivity index (χ0) is 29.4. The smallest absolute Gasteiger partial charge is 0.415 e. The van der Waals surface area contributed by atoms with Gasteiger partial charge in [0.25, 0.3) is 5.91 Å². The van der Waals surface area contributed by atoms with Gasteiger partial charge in [0.15, 0.2) is 6.10 Å². The van der Waals surface area contributed by atoms with Crippen LogP contribution in [-0.4, -0.2) is 57.8 Å². The third kappa shape index (κ3) is 6.15. The van der Waals surface area contributed by atoms with Gasteiger partial charge in [-0.1, -0.05) is 23.7 Å². The average Bonchev–Trinajstić information content (AvgIpc) is 3.47. The molecule has 2 aliphatic heterocycles. The van der Waals surface area contributed by atoms with E-state index in [0.717, 1.165) is 5.56 Å². The number of amides is 2. The molecule has 214 valence electrons. The first-order valence-electron chi connectivity index (χ1n) is 13.4. The molecule has 9 nitrogen and oxygen atoms in total. The predicted molar refractivity (Wildman–Crippen MR) is 151 cm³/mol. The van der Waals surface area contributed by atoms with E-state index in [-0.39, 0.29) is 18.3 Å². The summed E-state index contributed by atoms with van der Waals surface area (Å²) < 4.78 is 26.9. The van der Waals surface area contributed by atoms with Gasteiger partial charge in [0.2, 0.25) is 0 Å². The average molecular weight is 580 g/mol. The fraction of sp³-hybridized carbons (Fsp3) is 0.400. The molecular weight excluding hydrogens is 549 g/mol. The van der Waals surface area contributed by atoms with Crippen LogP contribution >= 0.6 is 11.6 Å². The van der Waals surface area contributed by atoms with E-state index >= 15 is 0 Å². The number of fused-ring (bicyclic) bond motifs is 1. The Hall–Kier alpha value is -4.10. The number of carbonyl (C=O) groups excluding carboxylic acids is 2. The molecule has 5 rings (SSSR count). The molecule has 41 heavy (non-hydrogen) atoms. The van der Waals surface area contributed by atoms with Crippen LogP contribution in [0.3, 0.4) is 0 Å². The number of nitriles is 1. The molecule has 3 heterocycles. The highest BCUT2D eigenvalue weighted by Gasteiger charge is 2.42. The summed E-state index contributed by atoms with van der Waals surface area (Å²) in [5.41, 5.74) is 0.443. The number of aromatic nitrogens is 2. The Morgan fingerprint density at radius 2 is 1.90 bits per heavy atom. The van der Waals surface area contributed by atoms with Crippen molar-refractivity contribution in [2.45, 2.75) is 51.7 Å². The van der Waals surface area contributed by atoms with E-state index in [9.17, 15) is 19.2 Å². The fourth-order valence-electron chi connectivity index (χ4n) is 5.19. The Morgan fingerprint density at radius 1 is 1.20 bits per heavy atom. The third-order valence-electron chi connectivity index (χ3n) is 7.33. The van der Waals surface area contributed by atoms with Gasteiger partial charge in [-0.25, -0.2) is 14.2 Å². The molecular formula is C30H31ClFN5O4. The summed E-state index contributed by atoms with van der Waals surface area (Å²) >= 11 is 6.58. The monoisotopic (exact) mass is 579 g/mol. The summed E-state index contributed by atoms with van der Waals surface area (Å²) in [5, 5.41) is 10.4. The van der Waals surface area contributed by atoms with Crippen LogP contribution in [0.4, 0.5) is 14.9 Å². The molecule has 0 spiro atoms. The number of ether oxygens (including phenoxy) is 2. The lowest BCUT2D eigenvalue weighted by molar-refractivity contribution is -0.140. The van der Waals surface area contributed by atoms with Gasteiger partial charge in [0.1, 0.15) is 17.2 Å². The second-order valence-electron chi connectivity index (χ2n) is 11.5. The minimum Gasteiger partial charge on any atom is -0.476 e. The quantitative estimate of drug-likeness (QED) is 0.402. The highest BCUT2D eigenvalue weighted by Crippen LogP contribution is 2.41. The van der Waals surface area contributed by atoms with Gasteiger partial charge in [-0.05, 0) is 63.8 Å². The van der Waals surface area contributed by atoms with E-state index in [4.69, 9.17) is 21.1 Å². The van der Waals surface area contributed by atoms with E-state index in [1.54, 1.807) is 73.2 Å². The number of anilines is 1. The van der Waals surface area contributed by atoms with Gasteiger partial charge in [-0.2, -0.15) is 5.26 Å². The first-order valence-corrected chi connectivity index (χ1v) is 13.8. The van der Waals surface area contributed by atoms with Crippen LogP contribution in [0, 0.1) is 22.6 Å². The summed E-state index contributed by atoms with van der Waals surface area (Å²) in [6.45, 7) is 5.96. The minimum atomic E-state index is -0.987. The van der Waals surface area contributed by atoms with Gasteiger partial charge >= 0.3 is 6.09 Å². The number of benzene rings is 2. The zero-order valence-corrected chi connectivity index (χ0v) is 23.9. The maximum absolute atomic E-state index is 13.7. The molecule has 11 heteroatoms. The largest absolute Gasteiger partial charge is 0.476 e. The lowest BCUT2D eigenvalue weighted by Crippen LogP contribution is -2.54. The number of likely N-dealkylation sites (tertiary alicyclic amines) is 1. The molecule has 2 amide bonds. The lowest BCUT2D eigenvalue weighted by Gasteiger charge is -2.41. The summed E-state index contributed by atoms with van der Waals surface area (Å²) in [4.78, 5) is 34.1. The number of nitrogens with zero attached hydrogens (tertiary/aromatic N) is 5. The van der Waals surface area contributed by atoms with Gasteiger partial charge < -0.3 is 18.9 Å². The van der Waals surface area contributed by atoms with Crippen molar-refractivity contribution in [3.05, 3.63) is 71.5 Å². The van der Waals surface area contributed by atoms with Crippen molar-refractivity contribution in [3.63, 3.8) is 0 Å². The van der Waals surface area contributed by atoms with Gasteiger partial charge in [-0.3, -0.25) is 9.69 Å². The van der Waals surface area contributed by atoms with E-state index in [0.29, 0.717) is 54.5 Å². The van der Waals surface area contributed by atoms with E-state index in [2.05, 4.69) is 11.1 Å². The third-order valence-corrected chi connectivity index (χ3v) is 7.64. The van der Waals surface area contributed by atoms with Gasteiger partial charge in [0.05, 0.1) is 40.8 Å². The molecule has 1 unspecified atom stereocenters. The van der Waals surface area contributed by atoms with Crippen LogP contribution in [0.5, 0.6) is 5.75 Å². The van der Waals surface area contributed by atoms with Crippen LogP contribution in [0.1, 0.15) is 39.2 Å². The first kappa shape index (κ1) is 28.4. The van der Waals surface area contributed by atoms with Crippen molar-refractivity contribution in [3.8, 4) is 17.5 Å². The molecule has 0 bridgehead atoms. The summed E-state index contributed by atoms with van der Waals surface area (Å²) in [5.74, 6) is -0.293. The van der Waals surface area contributed by atoms with Crippen LogP contribution < -0.4 is 9.64 Å². The summed E-state index contributed by atoms with van der Waals surface area (Å²) in [7, 11) is 0. The van der Waals surface area contributed by atoms with Crippen molar-refractivity contribution >= 4 is 29.3 Å². The molecule has 0 aliphatic carbocycles. The summed E-state index contributed by atoms with van der Waals surface area (Å²) in [6, 6.07) is 11.9. The van der Waals surface area contributed by atoms with Crippen molar-refractivity contribution in [1.29, 1.82) is 5.26 Å². The van der Waals surface area contributed by atoms with Crippen LogP contribution in [0.25, 0.3) is 5.69 Å². The maximum atomic E-state index is 13.7. The molecule has 2 aromatic carbocycles. The van der Waals surface area contributed by atoms with Crippen molar-refractivity contribution in [2.24, 2.45) is 5.41 Å². The van der Waals surface area contributed by atoms with E-state index < -0.39 is 23.2 Å². The topological polar surface area (TPSA) is 101 Å². The fourth-order valence-corrected chi connectivity index (χ4v) is 5.45. The number of piperidine rings is 1. The molecule has 1 atom stereocenters. The molecule has 1 aromatic heterocycles. The van der Waals surface area contributed by atoms with Crippen molar-refractivity contribution < 1.29 is 23.5 Å². The molecule has 0 saturated carbocycles. The summed E-state index contributed by atoms with van der Waals surface area (Å²) in [6.07, 6.45) is 4.73. The number of rotatable bonds is 4. The van der Waals surface area contributed by atoms with Crippen LogP contribution in [-0.2, 0) is 16.0 Å². The van der Waals surface area contributed by atoms with E-state index in [1.165, 1.54) is 17.0 Å². The molecule has 2 aliphatic rings. The van der Waals surface area contributed by atoms with Crippen molar-refractivity contribution in [1.82, 2.24) is 14.5 Å². The number of imidazole rings is 1.